The maximum absolute atomic E-state index is 4.30. The predicted octanol–water partition coefficient (Wildman–Crippen LogP) is 3.11. The molecule has 1 atom stereocenters. The molecule has 0 saturated heterocycles. The maximum Gasteiger partial charge on any atom is 0.191 e. The van der Waals surface area contributed by atoms with E-state index in [-0.39, 0.29) is 0 Å². The van der Waals surface area contributed by atoms with E-state index in [1.807, 2.05) is 52.7 Å². The van der Waals surface area contributed by atoms with Gasteiger partial charge in [-0.2, -0.15) is 0 Å². The van der Waals surface area contributed by atoms with Crippen molar-refractivity contribution in [3.63, 3.8) is 0 Å². The van der Waals surface area contributed by atoms with Crippen LogP contribution in [-0.4, -0.2) is 39.6 Å². The molecule has 1 unspecified atom stereocenters. The second-order valence-corrected chi connectivity index (χ2v) is 7.51. The first kappa shape index (κ1) is 19.0. The van der Waals surface area contributed by atoms with Crippen LogP contribution in [0, 0.1) is 0 Å². The van der Waals surface area contributed by atoms with E-state index in [2.05, 4.69) is 57.0 Å². The van der Waals surface area contributed by atoms with E-state index in [1.54, 1.807) is 13.4 Å². The molecular formula is C20H24N6S. The molecule has 0 spiro atoms. The van der Waals surface area contributed by atoms with Crippen molar-refractivity contribution in [2.75, 3.05) is 13.6 Å². The minimum absolute atomic E-state index is 0.416. The molecule has 1 aromatic heterocycles. The zero-order valence-electron chi connectivity index (χ0n) is 15.5. The molecule has 0 aliphatic carbocycles. The van der Waals surface area contributed by atoms with Crippen LogP contribution in [0.4, 0.5) is 0 Å². The Morgan fingerprint density at radius 2 is 1.78 bits per heavy atom. The van der Waals surface area contributed by atoms with Crippen LogP contribution >= 0.6 is 11.8 Å². The normalized spacial score (nSPS) is 12.6. The highest BCUT2D eigenvalue weighted by molar-refractivity contribution is 8.00. The van der Waals surface area contributed by atoms with Crippen molar-refractivity contribution in [2.45, 2.75) is 23.6 Å². The highest BCUT2D eigenvalue weighted by Gasteiger charge is 2.09. The summed E-state index contributed by atoms with van der Waals surface area (Å²) < 4.78 is 1.97. The first-order chi connectivity index (χ1) is 13.3. The van der Waals surface area contributed by atoms with E-state index in [4.69, 9.17) is 0 Å². The van der Waals surface area contributed by atoms with Gasteiger partial charge >= 0.3 is 0 Å². The Labute approximate surface area is 164 Å². The molecule has 0 amide bonds. The molecule has 0 aliphatic heterocycles. The van der Waals surface area contributed by atoms with Gasteiger partial charge in [0.15, 0.2) is 11.8 Å². The van der Waals surface area contributed by atoms with E-state index in [9.17, 15) is 0 Å². The van der Waals surface area contributed by atoms with Crippen LogP contribution in [-0.2, 0) is 6.54 Å². The van der Waals surface area contributed by atoms with Crippen LogP contribution in [0.5, 0.6) is 0 Å². The Morgan fingerprint density at radius 3 is 2.48 bits per heavy atom. The number of hydrogen-bond acceptors (Lipinski definition) is 4. The largest absolute Gasteiger partial charge is 0.355 e. The van der Waals surface area contributed by atoms with Gasteiger partial charge in [-0.1, -0.05) is 43.3 Å². The third-order valence-corrected chi connectivity index (χ3v) is 5.04. The standard InChI is InChI=1S/C20H24N6S/c1-16(27-18-11-7-4-8-12-18)13-22-20(21-2)23-14-19-25-24-15-26(19)17-9-5-3-6-10-17/h3-12,15-16H,13-14H2,1-2H3,(H2,21,22,23). The highest BCUT2D eigenvalue weighted by atomic mass is 32.2. The Morgan fingerprint density at radius 1 is 1.07 bits per heavy atom. The van der Waals surface area contributed by atoms with Gasteiger partial charge in [0.1, 0.15) is 6.33 Å². The molecule has 3 aromatic rings. The van der Waals surface area contributed by atoms with Gasteiger partial charge < -0.3 is 10.6 Å². The summed E-state index contributed by atoms with van der Waals surface area (Å²) in [5.74, 6) is 1.58. The van der Waals surface area contributed by atoms with Crippen LogP contribution < -0.4 is 10.6 Å². The van der Waals surface area contributed by atoms with Crippen LogP contribution in [0.1, 0.15) is 12.7 Å². The van der Waals surface area contributed by atoms with Crippen LogP contribution in [0.2, 0.25) is 0 Å². The minimum Gasteiger partial charge on any atom is -0.355 e. The summed E-state index contributed by atoms with van der Waals surface area (Å²) in [6.45, 7) is 3.55. The van der Waals surface area contributed by atoms with E-state index in [0.29, 0.717) is 11.8 Å². The molecule has 0 fully saturated rings. The molecule has 2 aromatic carbocycles. The molecule has 1 heterocycles. The molecule has 0 radical (unpaired) electrons. The molecule has 7 heteroatoms. The van der Waals surface area contributed by atoms with Gasteiger partial charge in [-0.25, -0.2) is 0 Å². The van der Waals surface area contributed by atoms with E-state index < -0.39 is 0 Å². The lowest BCUT2D eigenvalue weighted by atomic mass is 10.3. The smallest absolute Gasteiger partial charge is 0.191 e. The minimum atomic E-state index is 0.416. The molecule has 2 N–H and O–H groups in total. The molecule has 6 nitrogen and oxygen atoms in total. The fourth-order valence-corrected chi connectivity index (χ4v) is 3.53. The Hall–Kier alpha value is -2.80. The summed E-state index contributed by atoms with van der Waals surface area (Å²) in [5.41, 5.74) is 1.04. The summed E-state index contributed by atoms with van der Waals surface area (Å²) in [4.78, 5) is 5.57. The average molecular weight is 381 g/mol. The number of nitrogens with one attached hydrogen (secondary N) is 2. The van der Waals surface area contributed by atoms with Gasteiger partial charge in [0.05, 0.1) is 6.54 Å². The van der Waals surface area contributed by atoms with Crippen LogP contribution in [0.15, 0.2) is 76.9 Å². The molecule has 140 valence electrons. The number of thioether (sulfide) groups is 1. The summed E-state index contributed by atoms with van der Waals surface area (Å²) in [6, 6.07) is 20.5. The SMILES string of the molecule is CN=C(NCc1nncn1-c1ccccc1)NCC(C)Sc1ccccc1. The van der Waals surface area contributed by atoms with Gasteiger partial charge in [-0.05, 0) is 24.3 Å². The average Bonchev–Trinajstić information content (AvgIpc) is 3.18. The molecular weight excluding hydrogens is 356 g/mol. The van der Waals surface area contributed by atoms with Gasteiger partial charge in [0, 0.05) is 29.4 Å². The first-order valence-corrected chi connectivity index (χ1v) is 9.75. The number of rotatable bonds is 7. The molecule has 3 rings (SSSR count). The summed E-state index contributed by atoms with van der Waals surface area (Å²) >= 11 is 1.84. The molecule has 27 heavy (non-hydrogen) atoms. The Balaban J connectivity index is 1.51. The number of guanidine groups is 1. The van der Waals surface area contributed by atoms with Gasteiger partial charge in [0.25, 0.3) is 0 Å². The molecule has 0 saturated carbocycles. The van der Waals surface area contributed by atoms with Crippen molar-refractivity contribution in [1.82, 2.24) is 25.4 Å². The lowest BCUT2D eigenvalue weighted by molar-refractivity contribution is 0.748. The van der Waals surface area contributed by atoms with Crippen molar-refractivity contribution in [1.29, 1.82) is 0 Å². The third-order valence-electron chi connectivity index (χ3n) is 3.93. The molecule has 0 bridgehead atoms. The van der Waals surface area contributed by atoms with Crippen molar-refractivity contribution >= 4 is 17.7 Å². The van der Waals surface area contributed by atoms with Crippen LogP contribution in [0.3, 0.4) is 0 Å². The summed E-state index contributed by atoms with van der Waals surface area (Å²) in [5, 5.41) is 15.3. The number of para-hydroxylation sites is 1. The molecule has 0 aliphatic rings. The lowest BCUT2D eigenvalue weighted by Gasteiger charge is -2.16. The first-order valence-electron chi connectivity index (χ1n) is 8.87. The quantitative estimate of drug-likeness (QED) is 0.374. The Bertz CT molecular complexity index is 847. The van der Waals surface area contributed by atoms with Crippen molar-refractivity contribution in [3.05, 3.63) is 72.8 Å². The monoisotopic (exact) mass is 380 g/mol. The number of hydrogen-bond donors (Lipinski definition) is 2. The fraction of sp³-hybridized carbons (Fsp3) is 0.250. The third kappa shape index (κ3) is 5.59. The lowest BCUT2D eigenvalue weighted by Crippen LogP contribution is -2.40. The van der Waals surface area contributed by atoms with E-state index in [1.165, 1.54) is 4.90 Å². The van der Waals surface area contributed by atoms with Gasteiger partial charge in [-0.15, -0.1) is 22.0 Å². The number of aromatic nitrogens is 3. The fourth-order valence-electron chi connectivity index (χ4n) is 2.58. The number of aliphatic imine (C=N–C) groups is 1. The van der Waals surface area contributed by atoms with E-state index in [0.717, 1.165) is 24.0 Å². The summed E-state index contributed by atoms with van der Waals surface area (Å²) in [7, 11) is 1.77. The van der Waals surface area contributed by atoms with Gasteiger partial charge in [0.2, 0.25) is 0 Å². The number of benzene rings is 2. The van der Waals surface area contributed by atoms with Crippen molar-refractivity contribution < 1.29 is 0 Å². The number of nitrogens with zero attached hydrogens (tertiary/aromatic N) is 4. The van der Waals surface area contributed by atoms with Crippen molar-refractivity contribution in [3.8, 4) is 5.69 Å². The van der Waals surface area contributed by atoms with Gasteiger partial charge in [-0.3, -0.25) is 9.56 Å². The van der Waals surface area contributed by atoms with E-state index >= 15 is 0 Å². The van der Waals surface area contributed by atoms with Crippen LogP contribution in [0.25, 0.3) is 5.69 Å². The summed E-state index contributed by atoms with van der Waals surface area (Å²) in [6.07, 6.45) is 1.72. The van der Waals surface area contributed by atoms with Crippen molar-refractivity contribution in [2.24, 2.45) is 4.99 Å². The maximum atomic E-state index is 4.30. The Kier molecular flexibility index (Phi) is 6.87. The zero-order valence-corrected chi connectivity index (χ0v) is 16.4. The topological polar surface area (TPSA) is 67.1 Å². The predicted molar refractivity (Wildman–Crippen MR) is 111 cm³/mol. The second kappa shape index (κ2) is 9.78. The second-order valence-electron chi connectivity index (χ2n) is 6.00. The zero-order chi connectivity index (χ0) is 18.9. The highest BCUT2D eigenvalue weighted by Crippen LogP contribution is 2.21.